The number of esters is 1. The molecule has 0 aromatic carbocycles. The third-order valence-electron chi connectivity index (χ3n) is 3.61. The number of H-pyrrole nitrogens is 1. The highest BCUT2D eigenvalue weighted by Gasteiger charge is 2.14. The molecular formula is C18H19NO3S. The van der Waals surface area contributed by atoms with E-state index in [1.54, 1.807) is 12.2 Å². The highest BCUT2D eigenvalue weighted by atomic mass is 32.1. The molecule has 0 unspecified atom stereocenters. The van der Waals surface area contributed by atoms with E-state index in [2.05, 4.69) is 11.6 Å². The second kappa shape index (κ2) is 7.24. The number of hydrogen-bond donors (Lipinski definition) is 1. The quantitative estimate of drug-likeness (QED) is 0.515. The van der Waals surface area contributed by atoms with Crippen LogP contribution in [0.3, 0.4) is 0 Å². The number of rotatable bonds is 5. The summed E-state index contributed by atoms with van der Waals surface area (Å²) in [5.74, 6) is -0.443. The summed E-state index contributed by atoms with van der Waals surface area (Å²) in [5.41, 5.74) is 2.88. The molecule has 0 radical (unpaired) electrons. The zero-order chi connectivity index (χ0) is 17.0. The van der Waals surface area contributed by atoms with Crippen LogP contribution in [-0.2, 0) is 16.0 Å². The summed E-state index contributed by atoms with van der Waals surface area (Å²) in [7, 11) is 1.33. The molecule has 1 N–H and O–H groups in total. The third kappa shape index (κ3) is 3.35. The van der Waals surface area contributed by atoms with Crippen molar-refractivity contribution in [2.24, 2.45) is 0 Å². The summed E-state index contributed by atoms with van der Waals surface area (Å²) in [6, 6.07) is 0. The highest BCUT2D eigenvalue weighted by Crippen LogP contribution is 2.27. The molecule has 23 heavy (non-hydrogen) atoms. The first-order chi connectivity index (χ1) is 11.0. The van der Waals surface area contributed by atoms with Gasteiger partial charge in [0.15, 0.2) is 0 Å². The van der Waals surface area contributed by atoms with Crippen LogP contribution in [-0.4, -0.2) is 18.1 Å². The molecule has 0 fully saturated rings. The van der Waals surface area contributed by atoms with Crippen molar-refractivity contribution in [3.63, 3.8) is 0 Å². The minimum absolute atomic E-state index is 0.117. The van der Waals surface area contributed by atoms with Crippen LogP contribution in [0.15, 0.2) is 45.9 Å². The van der Waals surface area contributed by atoms with Crippen LogP contribution in [0.5, 0.6) is 0 Å². The van der Waals surface area contributed by atoms with Crippen LogP contribution in [0.4, 0.5) is 0 Å². The van der Waals surface area contributed by atoms with Crippen molar-refractivity contribution >= 4 is 33.7 Å². The lowest BCUT2D eigenvalue weighted by Crippen LogP contribution is -2.11. The van der Waals surface area contributed by atoms with E-state index in [0.717, 1.165) is 28.6 Å². The Bertz CT molecular complexity index is 868. The molecule has 0 saturated carbocycles. The van der Waals surface area contributed by atoms with Gasteiger partial charge in [0.05, 0.1) is 18.1 Å². The lowest BCUT2D eigenvalue weighted by Gasteiger charge is -2.10. The summed E-state index contributed by atoms with van der Waals surface area (Å²) in [4.78, 5) is 27.0. The van der Waals surface area contributed by atoms with Gasteiger partial charge in [-0.25, -0.2) is 4.79 Å². The van der Waals surface area contributed by atoms with E-state index in [9.17, 15) is 9.59 Å². The number of methoxy groups -OCH3 is 1. The lowest BCUT2D eigenvalue weighted by atomic mass is 9.99. The van der Waals surface area contributed by atoms with Gasteiger partial charge < -0.3 is 9.72 Å². The maximum Gasteiger partial charge on any atom is 0.337 e. The highest BCUT2D eigenvalue weighted by molar-refractivity contribution is 7.09. The number of aromatic amines is 1. The molecule has 0 saturated heterocycles. The van der Waals surface area contributed by atoms with E-state index < -0.39 is 5.97 Å². The largest absolute Gasteiger partial charge is 0.465 e. The molecule has 5 heteroatoms. The Balaban J connectivity index is 2.64. The molecule has 2 aromatic heterocycles. The molecule has 2 aromatic rings. The van der Waals surface area contributed by atoms with Crippen molar-refractivity contribution < 1.29 is 9.53 Å². The fourth-order valence-corrected chi connectivity index (χ4v) is 3.37. The number of fused-ring (bicyclic) bond motifs is 1. The molecule has 0 aliphatic carbocycles. The van der Waals surface area contributed by atoms with E-state index >= 15 is 0 Å². The minimum atomic E-state index is -0.443. The summed E-state index contributed by atoms with van der Waals surface area (Å²) >= 11 is 1.51. The number of thiophene rings is 1. The van der Waals surface area contributed by atoms with E-state index in [4.69, 9.17) is 4.74 Å². The van der Waals surface area contributed by atoms with Crippen molar-refractivity contribution in [3.8, 4) is 0 Å². The number of allylic oxidation sites excluding steroid dienone is 3. The fourth-order valence-electron chi connectivity index (χ4n) is 2.53. The van der Waals surface area contributed by atoms with Gasteiger partial charge in [0.25, 0.3) is 5.56 Å². The fraction of sp³-hybridized carbons (Fsp3) is 0.222. The minimum Gasteiger partial charge on any atom is -0.465 e. The molecule has 2 heterocycles. The SMILES string of the molecule is C=C/C=C(\C=C(/C)c1[nH]c(=O)c2cscc2c1CC)C(=O)OC. The van der Waals surface area contributed by atoms with Crippen molar-refractivity contribution in [2.45, 2.75) is 20.3 Å². The predicted molar refractivity (Wildman–Crippen MR) is 95.8 cm³/mol. The number of carbonyl (C=O) groups is 1. The molecule has 2 rings (SSSR count). The van der Waals surface area contributed by atoms with E-state index in [-0.39, 0.29) is 5.56 Å². The Morgan fingerprint density at radius 1 is 1.39 bits per heavy atom. The van der Waals surface area contributed by atoms with Gasteiger partial charge in [-0.05, 0) is 42.0 Å². The van der Waals surface area contributed by atoms with Crippen molar-refractivity contribution in [3.05, 3.63) is 62.8 Å². The van der Waals surface area contributed by atoms with Gasteiger partial charge in [0, 0.05) is 16.5 Å². The van der Waals surface area contributed by atoms with Crippen molar-refractivity contribution in [2.75, 3.05) is 7.11 Å². The smallest absolute Gasteiger partial charge is 0.337 e. The van der Waals surface area contributed by atoms with Gasteiger partial charge in [-0.15, -0.1) is 0 Å². The van der Waals surface area contributed by atoms with E-state index in [1.165, 1.54) is 24.5 Å². The van der Waals surface area contributed by atoms with Crippen molar-refractivity contribution in [1.82, 2.24) is 4.98 Å². The molecule has 120 valence electrons. The van der Waals surface area contributed by atoms with Gasteiger partial charge in [-0.2, -0.15) is 11.3 Å². The Kier molecular flexibility index (Phi) is 5.34. The first-order valence-corrected chi connectivity index (χ1v) is 8.18. The Morgan fingerprint density at radius 2 is 2.09 bits per heavy atom. The van der Waals surface area contributed by atoms with Gasteiger partial charge in [0.1, 0.15) is 0 Å². The number of aryl methyl sites for hydroxylation is 1. The van der Waals surface area contributed by atoms with Crippen molar-refractivity contribution in [1.29, 1.82) is 0 Å². The maximum absolute atomic E-state index is 12.2. The Hall–Kier alpha value is -2.40. The molecule has 0 spiro atoms. The molecule has 0 atom stereocenters. The van der Waals surface area contributed by atoms with E-state index in [0.29, 0.717) is 11.0 Å². The number of aromatic nitrogens is 1. The van der Waals surface area contributed by atoms with Crippen LogP contribution in [0, 0.1) is 0 Å². The predicted octanol–water partition coefficient (Wildman–Crippen LogP) is 3.84. The van der Waals surface area contributed by atoms with Gasteiger partial charge in [-0.1, -0.05) is 19.6 Å². The second-order valence-electron chi connectivity index (χ2n) is 5.04. The zero-order valence-electron chi connectivity index (χ0n) is 13.4. The van der Waals surface area contributed by atoms with Crippen LogP contribution in [0.1, 0.15) is 25.1 Å². The molecule has 0 aliphatic rings. The molecule has 0 aliphatic heterocycles. The monoisotopic (exact) mass is 329 g/mol. The average molecular weight is 329 g/mol. The molecule has 0 amide bonds. The number of ether oxygens (including phenoxy) is 1. The molecule has 0 bridgehead atoms. The van der Waals surface area contributed by atoms with Crippen LogP contribution < -0.4 is 5.56 Å². The van der Waals surface area contributed by atoms with Gasteiger partial charge in [-0.3, -0.25) is 4.79 Å². The Morgan fingerprint density at radius 3 is 2.70 bits per heavy atom. The average Bonchev–Trinajstić information content (AvgIpc) is 3.03. The summed E-state index contributed by atoms with van der Waals surface area (Å²) in [6.45, 7) is 7.52. The third-order valence-corrected chi connectivity index (χ3v) is 4.35. The number of carbonyl (C=O) groups excluding carboxylic acids is 1. The van der Waals surface area contributed by atoms with Crippen LogP contribution in [0.25, 0.3) is 16.3 Å². The number of hydrogen-bond acceptors (Lipinski definition) is 4. The number of pyridine rings is 1. The normalized spacial score (nSPS) is 12.5. The number of nitrogens with one attached hydrogen (secondary N) is 1. The zero-order valence-corrected chi connectivity index (χ0v) is 14.3. The van der Waals surface area contributed by atoms with Crippen LogP contribution in [0.2, 0.25) is 0 Å². The topological polar surface area (TPSA) is 59.2 Å². The first-order valence-electron chi connectivity index (χ1n) is 7.24. The van der Waals surface area contributed by atoms with Crippen LogP contribution >= 0.6 is 11.3 Å². The summed E-state index contributed by atoms with van der Waals surface area (Å²) in [6.07, 6.45) is 5.60. The maximum atomic E-state index is 12.2. The van der Waals surface area contributed by atoms with E-state index in [1.807, 2.05) is 24.6 Å². The van der Waals surface area contributed by atoms with Gasteiger partial charge >= 0.3 is 5.97 Å². The second-order valence-corrected chi connectivity index (χ2v) is 5.78. The summed E-state index contributed by atoms with van der Waals surface area (Å²) < 4.78 is 4.77. The molecular weight excluding hydrogens is 310 g/mol. The first kappa shape index (κ1) is 17.0. The summed E-state index contributed by atoms with van der Waals surface area (Å²) in [5, 5.41) is 5.52. The molecule has 4 nitrogen and oxygen atoms in total. The lowest BCUT2D eigenvalue weighted by molar-refractivity contribution is -0.135. The Labute approximate surface area is 138 Å². The standard InChI is InChI=1S/C18H19NO3S/c1-5-7-12(18(21)22-4)8-11(3)16-13(6-2)14-9-23-10-15(14)17(20)19-16/h5,7-10H,1,6H2,2-4H3,(H,19,20)/b11-8+,12-7+. The van der Waals surface area contributed by atoms with Gasteiger partial charge in [0.2, 0.25) is 0 Å².